The Morgan fingerprint density at radius 3 is 1.93 bits per heavy atom. The van der Waals surface area contributed by atoms with E-state index in [2.05, 4.69) is 43.8 Å². The van der Waals surface area contributed by atoms with Gasteiger partial charge in [0.2, 0.25) is 11.9 Å². The molecule has 2 aliphatic carbocycles. The third-order valence-electron chi connectivity index (χ3n) is 9.33. The minimum absolute atomic E-state index is 0.0563. The van der Waals surface area contributed by atoms with E-state index in [0.29, 0.717) is 40.5 Å². The fourth-order valence-corrected chi connectivity index (χ4v) is 7.49. The summed E-state index contributed by atoms with van der Waals surface area (Å²) in [6, 6.07) is 0. The summed E-state index contributed by atoms with van der Waals surface area (Å²) in [5, 5.41) is 20.4. The van der Waals surface area contributed by atoms with Gasteiger partial charge in [-0.3, -0.25) is 18.9 Å². The molecule has 0 unspecified atom stereocenters. The first-order chi connectivity index (χ1) is 20.1. The SMILES string of the molecule is C[C@@H]1C[C@@H](O)[C@H]2O[C@H](n3cnc4c(=O)[nH]c(N)nc43)C[C@H]21.C[C@@H]1C[C@@H](O)[C@H]2O[C@H](n3cnc4c(Cl)nc(N)nc43)C[C@H]21. The molecular weight excluding hydrogens is 568 g/mol. The zero-order valence-electron chi connectivity index (χ0n) is 23.0. The highest BCUT2D eigenvalue weighted by Crippen LogP contribution is 2.48. The van der Waals surface area contributed by atoms with Gasteiger partial charge in [-0.25, -0.2) is 9.97 Å². The molecule has 10 atom stereocenters. The second-order valence-electron chi connectivity index (χ2n) is 11.9. The van der Waals surface area contributed by atoms with Crippen LogP contribution in [0.3, 0.4) is 0 Å². The summed E-state index contributed by atoms with van der Waals surface area (Å²) in [5.41, 5.74) is 12.7. The van der Waals surface area contributed by atoms with Crippen LogP contribution in [0.1, 0.15) is 52.0 Å². The van der Waals surface area contributed by atoms with Gasteiger partial charge in [0, 0.05) is 0 Å². The smallest absolute Gasteiger partial charge is 0.280 e. The number of fused-ring (bicyclic) bond motifs is 4. The molecule has 4 aromatic rings. The molecule has 0 bridgehead atoms. The molecule has 2 aliphatic heterocycles. The van der Waals surface area contributed by atoms with Crippen molar-refractivity contribution in [2.75, 3.05) is 11.5 Å². The number of aliphatic hydroxyl groups is 2. The number of hydrogen-bond donors (Lipinski definition) is 5. The Morgan fingerprint density at radius 1 is 0.857 bits per heavy atom. The van der Waals surface area contributed by atoms with Crippen molar-refractivity contribution in [3.05, 3.63) is 28.2 Å². The second kappa shape index (κ2) is 10.1. The molecule has 0 amide bonds. The first-order valence-corrected chi connectivity index (χ1v) is 14.5. The number of aromatic amines is 1. The van der Waals surface area contributed by atoms with Crippen LogP contribution in [0.4, 0.5) is 11.9 Å². The molecule has 7 N–H and O–H groups in total. The molecule has 4 aliphatic rings. The van der Waals surface area contributed by atoms with Crippen LogP contribution in [0, 0.1) is 23.7 Å². The molecule has 6 heterocycles. The Hall–Kier alpha value is -3.37. The zero-order chi connectivity index (χ0) is 29.4. The Kier molecular flexibility index (Phi) is 6.62. The predicted molar refractivity (Wildman–Crippen MR) is 151 cm³/mol. The Bertz CT molecular complexity index is 1680. The van der Waals surface area contributed by atoms with Gasteiger partial charge in [0.1, 0.15) is 18.0 Å². The van der Waals surface area contributed by atoms with Crippen LogP contribution in [-0.4, -0.2) is 73.7 Å². The summed E-state index contributed by atoms with van der Waals surface area (Å²) >= 11 is 6.04. The first kappa shape index (κ1) is 27.5. The van der Waals surface area contributed by atoms with Crippen molar-refractivity contribution >= 4 is 45.8 Å². The van der Waals surface area contributed by atoms with Crippen LogP contribution in [0.2, 0.25) is 5.15 Å². The third kappa shape index (κ3) is 4.41. The summed E-state index contributed by atoms with van der Waals surface area (Å²) in [6.45, 7) is 4.29. The normalized spacial score (nSPS) is 35.5. The summed E-state index contributed by atoms with van der Waals surface area (Å²) in [5.74, 6) is 1.72. The first-order valence-electron chi connectivity index (χ1n) is 14.1. The zero-order valence-corrected chi connectivity index (χ0v) is 23.8. The number of aromatic nitrogens is 8. The highest BCUT2D eigenvalue weighted by Gasteiger charge is 2.49. The number of nitrogen functional groups attached to an aromatic ring is 2. The van der Waals surface area contributed by atoms with Gasteiger partial charge in [-0.1, -0.05) is 25.4 Å². The minimum Gasteiger partial charge on any atom is -0.390 e. The minimum atomic E-state index is -0.425. The molecule has 15 nitrogen and oxygen atoms in total. The van der Waals surface area contributed by atoms with Crippen LogP contribution in [-0.2, 0) is 9.47 Å². The molecule has 16 heteroatoms. The topological polar surface area (TPSA) is 218 Å². The lowest BCUT2D eigenvalue weighted by Gasteiger charge is -2.17. The van der Waals surface area contributed by atoms with E-state index in [0.717, 1.165) is 25.7 Å². The maximum atomic E-state index is 11.8. The number of halogens is 1. The molecule has 8 rings (SSSR count). The summed E-state index contributed by atoms with van der Waals surface area (Å²) in [7, 11) is 0. The second-order valence-corrected chi connectivity index (χ2v) is 12.3. The van der Waals surface area contributed by atoms with Crippen molar-refractivity contribution in [3.63, 3.8) is 0 Å². The van der Waals surface area contributed by atoms with E-state index in [9.17, 15) is 15.0 Å². The highest BCUT2D eigenvalue weighted by atomic mass is 35.5. The number of aliphatic hydroxyl groups excluding tert-OH is 2. The third-order valence-corrected chi connectivity index (χ3v) is 9.60. The maximum absolute atomic E-state index is 11.8. The number of nitrogens with one attached hydrogen (secondary N) is 1. The van der Waals surface area contributed by atoms with Gasteiger partial charge in [0.05, 0.1) is 37.1 Å². The van der Waals surface area contributed by atoms with Gasteiger partial charge in [-0.05, 0) is 49.4 Å². The number of ether oxygens (including phenoxy) is 2. The number of rotatable bonds is 2. The number of hydrogen-bond acceptors (Lipinski definition) is 12. The fraction of sp³-hybridized carbons (Fsp3) is 0.615. The van der Waals surface area contributed by atoms with E-state index in [4.69, 9.17) is 32.5 Å². The van der Waals surface area contributed by atoms with E-state index in [1.807, 2.05) is 4.57 Å². The monoisotopic (exact) mass is 600 g/mol. The maximum Gasteiger partial charge on any atom is 0.280 e. The molecule has 0 aromatic carbocycles. The van der Waals surface area contributed by atoms with E-state index in [1.165, 1.54) is 0 Å². The number of nitrogens with two attached hydrogens (primary N) is 2. The molecule has 2 saturated carbocycles. The van der Waals surface area contributed by atoms with Gasteiger partial charge in [-0.2, -0.15) is 15.0 Å². The van der Waals surface area contributed by atoms with Crippen molar-refractivity contribution in [2.45, 2.75) is 76.4 Å². The number of imidazole rings is 2. The lowest BCUT2D eigenvalue weighted by molar-refractivity contribution is -0.0525. The lowest BCUT2D eigenvalue weighted by atomic mass is 9.95. The van der Waals surface area contributed by atoms with E-state index in [1.54, 1.807) is 17.2 Å². The van der Waals surface area contributed by atoms with Gasteiger partial charge in [-0.15, -0.1) is 0 Å². The van der Waals surface area contributed by atoms with Gasteiger partial charge in [0.15, 0.2) is 22.0 Å². The fourth-order valence-electron chi connectivity index (χ4n) is 7.27. The van der Waals surface area contributed by atoms with Crippen molar-refractivity contribution in [1.82, 2.24) is 39.0 Å². The Labute approximate surface area is 244 Å². The van der Waals surface area contributed by atoms with Crippen LogP contribution in [0.15, 0.2) is 17.4 Å². The Balaban J connectivity index is 0.000000137. The van der Waals surface area contributed by atoms with Crippen molar-refractivity contribution in [1.29, 1.82) is 0 Å². The summed E-state index contributed by atoms with van der Waals surface area (Å²) in [6.07, 6.45) is 4.83. The number of H-pyrrole nitrogens is 1. The number of nitrogens with zero attached hydrogens (tertiary/aromatic N) is 7. The largest absolute Gasteiger partial charge is 0.390 e. The highest BCUT2D eigenvalue weighted by molar-refractivity contribution is 6.33. The van der Waals surface area contributed by atoms with E-state index < -0.39 is 12.2 Å². The van der Waals surface area contributed by atoms with Gasteiger partial charge < -0.3 is 31.2 Å². The standard InChI is InChI=1S/C13H16ClN5O2.C13H17N5O3/c1-5-2-7(20)10-6(5)3-8(21-10)19-4-16-9-11(14)17-13(15)18-12(9)19;1-5-2-7(19)10-6(5)3-8(21-10)18-4-15-9-11(18)16-13(14)17-12(9)20/h4-8,10,20H,2-3H2,1H3,(H2,15,17,18);4-8,10,19H,2-3H2,1H3,(H3,14,16,17,20)/t2*5-,6+,7-,8+,10+/m11/s1. The quantitative estimate of drug-likeness (QED) is 0.206. The molecule has 4 aromatic heterocycles. The molecule has 0 radical (unpaired) electrons. The molecule has 224 valence electrons. The molecule has 0 spiro atoms. The average Bonchev–Trinajstić information content (AvgIpc) is 3.74. The van der Waals surface area contributed by atoms with Gasteiger partial charge in [0.25, 0.3) is 5.56 Å². The molecule has 4 fully saturated rings. The van der Waals surface area contributed by atoms with Crippen molar-refractivity contribution in [3.8, 4) is 0 Å². The van der Waals surface area contributed by atoms with Crippen LogP contribution in [0.25, 0.3) is 22.3 Å². The average molecular weight is 601 g/mol. The number of anilines is 2. The van der Waals surface area contributed by atoms with Crippen molar-refractivity contribution < 1.29 is 19.7 Å². The van der Waals surface area contributed by atoms with E-state index in [-0.39, 0.29) is 52.8 Å². The van der Waals surface area contributed by atoms with Gasteiger partial charge >= 0.3 is 0 Å². The lowest BCUT2D eigenvalue weighted by Crippen LogP contribution is -2.23. The molecule has 42 heavy (non-hydrogen) atoms. The summed E-state index contributed by atoms with van der Waals surface area (Å²) in [4.78, 5) is 34.8. The molecular formula is C26H33ClN10O5. The van der Waals surface area contributed by atoms with Crippen LogP contribution >= 0.6 is 11.6 Å². The van der Waals surface area contributed by atoms with Crippen LogP contribution in [0.5, 0.6) is 0 Å². The Morgan fingerprint density at radius 2 is 1.38 bits per heavy atom. The molecule has 2 saturated heterocycles. The van der Waals surface area contributed by atoms with E-state index >= 15 is 0 Å². The van der Waals surface area contributed by atoms with Crippen LogP contribution < -0.4 is 17.0 Å². The predicted octanol–water partition coefficient (Wildman–Crippen LogP) is 1.37. The summed E-state index contributed by atoms with van der Waals surface area (Å²) < 4.78 is 15.6. The van der Waals surface area contributed by atoms with Crippen molar-refractivity contribution in [2.24, 2.45) is 23.7 Å².